The Bertz CT molecular complexity index is 296. The van der Waals surface area contributed by atoms with E-state index in [0.29, 0.717) is 6.04 Å². The van der Waals surface area contributed by atoms with E-state index >= 15 is 0 Å². The fourth-order valence-electron chi connectivity index (χ4n) is 2.22. The molecule has 88 valence electrons. The molecule has 1 atom stereocenters. The molecule has 0 aromatic heterocycles. The molecule has 0 bridgehead atoms. The molecule has 1 unspecified atom stereocenters. The Morgan fingerprint density at radius 2 is 1.94 bits per heavy atom. The van der Waals surface area contributed by atoms with Gasteiger partial charge in [-0.3, -0.25) is 4.90 Å². The van der Waals surface area contributed by atoms with Crippen molar-refractivity contribution < 1.29 is 0 Å². The van der Waals surface area contributed by atoms with Crippen LogP contribution in [0.3, 0.4) is 0 Å². The summed E-state index contributed by atoms with van der Waals surface area (Å²) in [5, 5.41) is 3.32. The second kappa shape index (κ2) is 6.28. The molecular formula is C13H20N2S. The van der Waals surface area contributed by atoms with Crippen LogP contribution in [0.1, 0.15) is 11.6 Å². The lowest BCUT2D eigenvalue weighted by Gasteiger charge is -2.34. The Morgan fingerprint density at radius 1 is 1.25 bits per heavy atom. The van der Waals surface area contributed by atoms with Gasteiger partial charge < -0.3 is 5.32 Å². The zero-order chi connectivity index (χ0) is 11.2. The van der Waals surface area contributed by atoms with Crippen molar-refractivity contribution >= 4 is 11.8 Å². The summed E-state index contributed by atoms with van der Waals surface area (Å²) < 4.78 is 0. The van der Waals surface area contributed by atoms with E-state index in [1.54, 1.807) is 0 Å². The van der Waals surface area contributed by atoms with Gasteiger partial charge in [0.25, 0.3) is 0 Å². The van der Waals surface area contributed by atoms with E-state index in [1.807, 2.05) is 7.05 Å². The highest BCUT2D eigenvalue weighted by molar-refractivity contribution is 7.99. The summed E-state index contributed by atoms with van der Waals surface area (Å²) in [6.45, 7) is 3.46. The van der Waals surface area contributed by atoms with Crippen LogP contribution in [0.5, 0.6) is 0 Å². The molecule has 1 aromatic carbocycles. The monoisotopic (exact) mass is 236 g/mol. The molecule has 0 saturated carbocycles. The van der Waals surface area contributed by atoms with Crippen LogP contribution < -0.4 is 5.32 Å². The molecule has 1 aromatic rings. The number of thioether (sulfide) groups is 1. The predicted molar refractivity (Wildman–Crippen MR) is 72.0 cm³/mol. The Kier molecular flexibility index (Phi) is 4.69. The summed E-state index contributed by atoms with van der Waals surface area (Å²) >= 11 is 2.07. The second-order valence-electron chi connectivity index (χ2n) is 4.13. The van der Waals surface area contributed by atoms with Crippen LogP contribution in [0.4, 0.5) is 0 Å². The summed E-state index contributed by atoms with van der Waals surface area (Å²) in [7, 11) is 2.04. The van der Waals surface area contributed by atoms with E-state index in [9.17, 15) is 0 Å². The molecule has 0 aliphatic carbocycles. The number of rotatable bonds is 4. The van der Waals surface area contributed by atoms with Crippen LogP contribution in [0.2, 0.25) is 0 Å². The number of hydrogen-bond donors (Lipinski definition) is 1. The molecule has 2 rings (SSSR count). The molecule has 16 heavy (non-hydrogen) atoms. The maximum Gasteiger partial charge on any atom is 0.0473 e. The van der Waals surface area contributed by atoms with E-state index in [4.69, 9.17) is 0 Å². The zero-order valence-electron chi connectivity index (χ0n) is 9.86. The van der Waals surface area contributed by atoms with Crippen molar-refractivity contribution in [2.45, 2.75) is 6.04 Å². The smallest absolute Gasteiger partial charge is 0.0473 e. The van der Waals surface area contributed by atoms with Gasteiger partial charge in [0, 0.05) is 37.2 Å². The zero-order valence-corrected chi connectivity index (χ0v) is 10.7. The Morgan fingerprint density at radius 3 is 2.56 bits per heavy atom. The summed E-state index contributed by atoms with van der Waals surface area (Å²) in [4.78, 5) is 2.60. The Labute approximate surface area is 102 Å². The van der Waals surface area contributed by atoms with Gasteiger partial charge in [0.05, 0.1) is 0 Å². The maximum atomic E-state index is 3.32. The average Bonchev–Trinajstić information content (AvgIpc) is 2.38. The molecule has 2 nitrogen and oxygen atoms in total. The minimum Gasteiger partial charge on any atom is -0.318 e. The van der Waals surface area contributed by atoms with Gasteiger partial charge in [-0.2, -0.15) is 11.8 Å². The Balaban J connectivity index is 2.09. The van der Waals surface area contributed by atoms with Gasteiger partial charge in [-0.25, -0.2) is 0 Å². The van der Waals surface area contributed by atoms with Gasteiger partial charge in [0.2, 0.25) is 0 Å². The summed E-state index contributed by atoms with van der Waals surface area (Å²) in [5.41, 5.74) is 1.43. The first kappa shape index (κ1) is 12.0. The molecule has 1 saturated heterocycles. The number of likely N-dealkylation sites (N-methyl/N-ethyl adjacent to an activating group) is 1. The van der Waals surface area contributed by atoms with Crippen LogP contribution in [-0.4, -0.2) is 43.1 Å². The SMILES string of the molecule is CNCC(c1ccccc1)N1CCSCC1. The highest BCUT2D eigenvalue weighted by atomic mass is 32.2. The molecule has 1 heterocycles. The van der Waals surface area contributed by atoms with Crippen molar-refractivity contribution in [3.63, 3.8) is 0 Å². The lowest BCUT2D eigenvalue weighted by atomic mass is 10.1. The quantitative estimate of drug-likeness (QED) is 0.861. The molecule has 1 fully saturated rings. The average molecular weight is 236 g/mol. The molecule has 0 spiro atoms. The third-order valence-electron chi connectivity index (χ3n) is 3.07. The number of nitrogens with zero attached hydrogens (tertiary/aromatic N) is 1. The summed E-state index contributed by atoms with van der Waals surface area (Å²) in [6, 6.07) is 11.4. The fourth-order valence-corrected chi connectivity index (χ4v) is 3.15. The first-order valence-corrected chi connectivity index (χ1v) is 7.08. The molecule has 1 aliphatic heterocycles. The van der Waals surface area contributed by atoms with Crippen LogP contribution in [0.15, 0.2) is 30.3 Å². The minimum atomic E-state index is 0.534. The third kappa shape index (κ3) is 3.00. The minimum absolute atomic E-state index is 0.534. The van der Waals surface area contributed by atoms with Gasteiger partial charge in [0.1, 0.15) is 0 Å². The van der Waals surface area contributed by atoms with E-state index in [2.05, 4.69) is 52.3 Å². The van der Waals surface area contributed by atoms with Gasteiger partial charge in [-0.1, -0.05) is 30.3 Å². The van der Waals surface area contributed by atoms with Gasteiger partial charge >= 0.3 is 0 Å². The first-order chi connectivity index (χ1) is 7.92. The van der Waals surface area contributed by atoms with Crippen molar-refractivity contribution in [2.75, 3.05) is 38.2 Å². The molecule has 0 amide bonds. The van der Waals surface area contributed by atoms with Crippen LogP contribution >= 0.6 is 11.8 Å². The topological polar surface area (TPSA) is 15.3 Å². The largest absolute Gasteiger partial charge is 0.318 e. The molecule has 1 aliphatic rings. The standard InChI is InChI=1S/C13H20N2S/c1-14-11-13(12-5-3-2-4-6-12)15-7-9-16-10-8-15/h2-6,13-14H,7-11H2,1H3. The molecular weight excluding hydrogens is 216 g/mol. The lowest BCUT2D eigenvalue weighted by molar-refractivity contribution is 0.215. The predicted octanol–water partition coefficient (Wildman–Crippen LogP) is 2.00. The number of benzene rings is 1. The normalized spacial score (nSPS) is 19.6. The third-order valence-corrected chi connectivity index (χ3v) is 4.01. The summed E-state index contributed by atoms with van der Waals surface area (Å²) in [5.74, 6) is 2.54. The van der Waals surface area contributed by atoms with Gasteiger partial charge in [0.15, 0.2) is 0 Å². The van der Waals surface area contributed by atoms with E-state index in [-0.39, 0.29) is 0 Å². The van der Waals surface area contributed by atoms with Crippen molar-refractivity contribution in [3.8, 4) is 0 Å². The van der Waals surface area contributed by atoms with E-state index in [0.717, 1.165) is 6.54 Å². The summed E-state index contributed by atoms with van der Waals surface area (Å²) in [6.07, 6.45) is 0. The van der Waals surface area contributed by atoms with Crippen molar-refractivity contribution in [3.05, 3.63) is 35.9 Å². The van der Waals surface area contributed by atoms with Gasteiger partial charge in [-0.05, 0) is 12.6 Å². The highest BCUT2D eigenvalue weighted by Gasteiger charge is 2.21. The lowest BCUT2D eigenvalue weighted by Crippen LogP contribution is -2.40. The maximum absolute atomic E-state index is 3.32. The molecule has 1 N–H and O–H groups in total. The van der Waals surface area contributed by atoms with E-state index in [1.165, 1.54) is 30.2 Å². The Hall–Kier alpha value is -0.510. The van der Waals surface area contributed by atoms with Crippen molar-refractivity contribution in [1.82, 2.24) is 10.2 Å². The number of nitrogens with one attached hydrogen (secondary N) is 1. The molecule has 0 radical (unpaired) electrons. The number of hydrogen-bond acceptors (Lipinski definition) is 3. The van der Waals surface area contributed by atoms with Gasteiger partial charge in [-0.15, -0.1) is 0 Å². The van der Waals surface area contributed by atoms with Crippen LogP contribution in [-0.2, 0) is 0 Å². The highest BCUT2D eigenvalue weighted by Crippen LogP contribution is 2.23. The first-order valence-electron chi connectivity index (χ1n) is 5.93. The van der Waals surface area contributed by atoms with Crippen LogP contribution in [0, 0.1) is 0 Å². The van der Waals surface area contributed by atoms with Crippen molar-refractivity contribution in [2.24, 2.45) is 0 Å². The second-order valence-corrected chi connectivity index (χ2v) is 5.36. The fraction of sp³-hybridized carbons (Fsp3) is 0.538. The van der Waals surface area contributed by atoms with E-state index < -0.39 is 0 Å². The molecule has 3 heteroatoms. The van der Waals surface area contributed by atoms with Crippen molar-refractivity contribution in [1.29, 1.82) is 0 Å². The van der Waals surface area contributed by atoms with Crippen LogP contribution in [0.25, 0.3) is 0 Å².